The van der Waals surface area contributed by atoms with Gasteiger partial charge in [0.05, 0.1) is 17.8 Å². The Hall–Kier alpha value is -0.160. The van der Waals surface area contributed by atoms with Crippen molar-refractivity contribution in [1.29, 1.82) is 0 Å². The largest absolute Gasteiger partial charge is 0.396 e. The molecule has 4 fully saturated rings. The predicted octanol–water partition coefficient (Wildman–Crippen LogP) is 2.18. The third-order valence-corrected chi connectivity index (χ3v) is 7.43. The minimum atomic E-state index is -0.702. The molecule has 4 aliphatic rings. The summed E-state index contributed by atoms with van der Waals surface area (Å²) >= 11 is 0. The first kappa shape index (κ1) is 15.4. The Balaban J connectivity index is 1.73. The second kappa shape index (κ2) is 4.27. The van der Waals surface area contributed by atoms with Crippen LogP contribution in [0.2, 0.25) is 0 Å². The van der Waals surface area contributed by atoms with Crippen molar-refractivity contribution in [1.82, 2.24) is 0 Å². The second-order valence-electron chi connectivity index (χ2n) is 9.22. The first-order valence-electron chi connectivity index (χ1n) is 8.81. The van der Waals surface area contributed by atoms with Gasteiger partial charge in [0, 0.05) is 12.5 Å². The highest BCUT2D eigenvalue weighted by Gasteiger charge is 2.73. The molecule has 0 radical (unpaired) electrons. The topological polar surface area (TPSA) is 58.9 Å². The van der Waals surface area contributed by atoms with Crippen molar-refractivity contribution in [2.75, 3.05) is 6.61 Å². The molecule has 1 aliphatic heterocycles. The van der Waals surface area contributed by atoms with E-state index in [2.05, 4.69) is 13.8 Å². The van der Waals surface area contributed by atoms with E-state index in [1.54, 1.807) is 0 Å². The zero-order valence-corrected chi connectivity index (χ0v) is 14.4. The van der Waals surface area contributed by atoms with Crippen LogP contribution in [0.3, 0.4) is 0 Å². The van der Waals surface area contributed by atoms with Gasteiger partial charge in [-0.25, -0.2) is 0 Å². The van der Waals surface area contributed by atoms with E-state index in [0.717, 1.165) is 12.8 Å². The maximum absolute atomic E-state index is 11.1. The summed E-state index contributed by atoms with van der Waals surface area (Å²) < 4.78 is 12.4. The first-order chi connectivity index (χ1) is 10.1. The van der Waals surface area contributed by atoms with Crippen molar-refractivity contribution in [3.63, 3.8) is 0 Å². The zero-order chi connectivity index (χ0) is 16.1. The van der Waals surface area contributed by atoms with Crippen molar-refractivity contribution >= 4 is 0 Å². The van der Waals surface area contributed by atoms with Crippen molar-refractivity contribution in [3.8, 4) is 0 Å². The summed E-state index contributed by atoms with van der Waals surface area (Å²) in [5.41, 5.74) is -0.673. The van der Waals surface area contributed by atoms with Crippen LogP contribution in [0.25, 0.3) is 0 Å². The molecular formula is C18H30O4. The lowest BCUT2D eigenvalue weighted by Gasteiger charge is -2.38. The van der Waals surface area contributed by atoms with E-state index in [1.165, 1.54) is 0 Å². The number of aliphatic hydroxyl groups excluding tert-OH is 1. The Bertz CT molecular complexity index is 487. The fourth-order valence-electron chi connectivity index (χ4n) is 6.34. The Kier molecular flexibility index (Phi) is 2.98. The summed E-state index contributed by atoms with van der Waals surface area (Å²) in [4.78, 5) is 0. The Morgan fingerprint density at radius 1 is 1.05 bits per heavy atom. The van der Waals surface area contributed by atoms with Crippen LogP contribution >= 0.6 is 0 Å². The van der Waals surface area contributed by atoms with Crippen molar-refractivity contribution in [3.05, 3.63) is 0 Å². The molecule has 0 bridgehead atoms. The lowest BCUT2D eigenvalue weighted by molar-refractivity contribution is -0.181. The summed E-state index contributed by atoms with van der Waals surface area (Å²) in [5, 5.41) is 21.0. The van der Waals surface area contributed by atoms with Crippen LogP contribution in [0.4, 0.5) is 0 Å². The molecule has 4 nitrogen and oxygen atoms in total. The Morgan fingerprint density at radius 2 is 1.68 bits per heavy atom. The van der Waals surface area contributed by atoms with E-state index >= 15 is 0 Å². The van der Waals surface area contributed by atoms with Crippen molar-refractivity contribution < 1.29 is 19.7 Å². The van der Waals surface area contributed by atoms with Gasteiger partial charge in [0.15, 0.2) is 5.79 Å². The molecule has 3 saturated carbocycles. The number of rotatable bonds is 1. The average Bonchev–Trinajstić information content (AvgIpc) is 2.79. The maximum atomic E-state index is 11.1. The van der Waals surface area contributed by atoms with Gasteiger partial charge in [-0.1, -0.05) is 13.8 Å². The molecule has 9 atom stereocenters. The predicted molar refractivity (Wildman–Crippen MR) is 82.0 cm³/mol. The van der Waals surface area contributed by atoms with Gasteiger partial charge < -0.3 is 19.7 Å². The smallest absolute Gasteiger partial charge is 0.163 e. The molecule has 0 amide bonds. The van der Waals surface area contributed by atoms with Gasteiger partial charge in [0.2, 0.25) is 0 Å². The Labute approximate surface area is 133 Å². The van der Waals surface area contributed by atoms with E-state index < -0.39 is 11.4 Å². The van der Waals surface area contributed by atoms with Crippen LogP contribution in [0.1, 0.15) is 47.5 Å². The molecule has 4 heteroatoms. The minimum absolute atomic E-state index is 0.0210. The summed E-state index contributed by atoms with van der Waals surface area (Å²) in [6, 6.07) is 0. The van der Waals surface area contributed by atoms with E-state index in [4.69, 9.17) is 9.47 Å². The monoisotopic (exact) mass is 310 g/mol. The fourth-order valence-corrected chi connectivity index (χ4v) is 6.34. The molecule has 0 aromatic rings. The highest BCUT2D eigenvalue weighted by molar-refractivity contribution is 5.20. The van der Waals surface area contributed by atoms with Crippen molar-refractivity contribution in [2.24, 2.45) is 35.0 Å². The third kappa shape index (κ3) is 1.78. The summed E-state index contributed by atoms with van der Waals surface area (Å²) in [6.07, 6.45) is 1.85. The molecular weight excluding hydrogens is 280 g/mol. The molecule has 4 rings (SSSR count). The van der Waals surface area contributed by atoms with E-state index in [9.17, 15) is 10.2 Å². The zero-order valence-electron chi connectivity index (χ0n) is 14.4. The summed E-state index contributed by atoms with van der Waals surface area (Å²) in [7, 11) is 0. The molecule has 0 aromatic heterocycles. The van der Waals surface area contributed by atoms with Crippen molar-refractivity contribution in [2.45, 2.75) is 71.1 Å². The van der Waals surface area contributed by atoms with E-state index in [1.807, 2.05) is 20.8 Å². The maximum Gasteiger partial charge on any atom is 0.163 e. The SMILES string of the molecule is C[C@H]1[C@@H]2OC(C)(C)O[C@@H]2[C@@H]2[C@H]1[C@@H]1[C@H](CC[C@]2(C)O)[C@@]1(C)CO. The van der Waals surface area contributed by atoms with E-state index in [0.29, 0.717) is 23.7 Å². The van der Waals surface area contributed by atoms with Gasteiger partial charge in [0.1, 0.15) is 0 Å². The lowest BCUT2D eigenvalue weighted by Crippen LogP contribution is -2.45. The number of hydrogen-bond acceptors (Lipinski definition) is 4. The van der Waals surface area contributed by atoms with Gasteiger partial charge in [-0.15, -0.1) is 0 Å². The lowest BCUT2D eigenvalue weighted by atomic mass is 9.73. The van der Waals surface area contributed by atoms with Crippen LogP contribution in [0.5, 0.6) is 0 Å². The van der Waals surface area contributed by atoms with Gasteiger partial charge in [-0.2, -0.15) is 0 Å². The third-order valence-electron chi connectivity index (χ3n) is 7.43. The summed E-state index contributed by atoms with van der Waals surface area (Å²) in [5.74, 6) is 1.33. The fraction of sp³-hybridized carbons (Fsp3) is 1.00. The number of hydrogen-bond donors (Lipinski definition) is 2. The van der Waals surface area contributed by atoms with Gasteiger partial charge >= 0.3 is 0 Å². The van der Waals surface area contributed by atoms with Crippen LogP contribution in [-0.2, 0) is 9.47 Å². The molecule has 0 aromatic carbocycles. The normalized spacial score (nSPS) is 62.0. The highest BCUT2D eigenvalue weighted by atomic mass is 16.8. The number of aliphatic hydroxyl groups is 2. The van der Waals surface area contributed by atoms with Crippen LogP contribution in [0, 0.1) is 35.0 Å². The first-order valence-corrected chi connectivity index (χ1v) is 8.81. The molecule has 0 spiro atoms. The average molecular weight is 310 g/mol. The van der Waals surface area contributed by atoms with Crippen LogP contribution < -0.4 is 0 Å². The van der Waals surface area contributed by atoms with Gasteiger partial charge in [-0.05, 0) is 62.7 Å². The number of ether oxygens (including phenoxy) is 2. The second-order valence-corrected chi connectivity index (χ2v) is 9.22. The van der Waals surface area contributed by atoms with Gasteiger partial charge in [0.25, 0.3) is 0 Å². The summed E-state index contributed by atoms with van der Waals surface area (Å²) in [6.45, 7) is 10.6. The van der Waals surface area contributed by atoms with Crippen LogP contribution in [0.15, 0.2) is 0 Å². The quantitative estimate of drug-likeness (QED) is 0.779. The molecule has 0 unspecified atom stereocenters. The standard InChI is InChI=1S/C18H30O4/c1-9-11-12-10(17(12,4)8-19)6-7-18(5,20)13(11)15-14(9)21-16(2,3)22-15/h9-15,19-20H,6-8H2,1-5H3/t9-,10+,11-,12+,13+,14+,15-,17-,18+/m1/s1. The molecule has 22 heavy (non-hydrogen) atoms. The van der Waals surface area contributed by atoms with Gasteiger partial charge in [-0.3, -0.25) is 0 Å². The van der Waals surface area contributed by atoms with Crippen LogP contribution in [-0.4, -0.2) is 40.4 Å². The van der Waals surface area contributed by atoms with E-state index in [-0.39, 0.29) is 30.1 Å². The molecule has 1 heterocycles. The number of fused-ring (bicyclic) bond motifs is 5. The highest BCUT2D eigenvalue weighted by Crippen LogP contribution is 2.72. The molecule has 1 saturated heterocycles. The molecule has 126 valence electrons. The Morgan fingerprint density at radius 3 is 2.32 bits per heavy atom. The molecule has 3 aliphatic carbocycles. The molecule has 2 N–H and O–H groups in total. The minimum Gasteiger partial charge on any atom is -0.396 e.